The molecule has 48 heavy (non-hydrogen) atoms. The van der Waals surface area contributed by atoms with Crippen molar-refractivity contribution < 1.29 is 8.78 Å². The topological polar surface area (TPSA) is 54.2 Å². The van der Waals surface area contributed by atoms with E-state index in [1.54, 1.807) is 18.2 Å². The van der Waals surface area contributed by atoms with Crippen LogP contribution in [0.25, 0.3) is 11.1 Å². The molecular weight excluding hydrogens is 598 g/mol. The maximum Gasteiger partial charge on any atom is 0.263 e. The molecule has 3 rings (SSSR count). The average Bonchev–Trinajstić information content (AvgIpc) is 3.06. The Kier molecular flexibility index (Phi) is 14.3. The summed E-state index contributed by atoms with van der Waals surface area (Å²) >= 11 is 0. The Labute approximate surface area is 289 Å². The van der Waals surface area contributed by atoms with Gasteiger partial charge in [0.05, 0.1) is 5.69 Å². The lowest BCUT2D eigenvalue weighted by atomic mass is 9.76. The minimum atomic E-state index is -2.62. The first-order chi connectivity index (χ1) is 22.7. The molecule has 260 valence electrons. The molecule has 1 aliphatic heterocycles. The summed E-state index contributed by atoms with van der Waals surface area (Å²) in [5.41, 5.74) is 19.7. The Bertz CT molecular complexity index is 1530. The van der Waals surface area contributed by atoms with Crippen molar-refractivity contribution in [1.82, 2.24) is 15.4 Å². The molecule has 0 aliphatic carbocycles. The number of pyridine rings is 1. The Hall–Kier alpha value is -3.61. The highest BCUT2D eigenvalue weighted by Gasteiger charge is 2.25. The van der Waals surface area contributed by atoms with Gasteiger partial charge in [-0.1, -0.05) is 76.8 Å². The van der Waals surface area contributed by atoms with Gasteiger partial charge < -0.3 is 10.7 Å². The van der Waals surface area contributed by atoms with Crippen LogP contribution in [0.3, 0.4) is 0 Å². The summed E-state index contributed by atoms with van der Waals surface area (Å²) < 4.78 is 28.7. The number of allylic oxidation sites excluding steroid dienone is 8. The molecule has 1 aromatic heterocycles. The first-order valence-electron chi connectivity index (χ1n) is 17.3. The van der Waals surface area contributed by atoms with E-state index in [4.69, 9.17) is 10.7 Å². The van der Waals surface area contributed by atoms with Crippen LogP contribution in [-0.4, -0.2) is 29.1 Å². The van der Waals surface area contributed by atoms with E-state index in [0.717, 1.165) is 84.4 Å². The Morgan fingerprint density at radius 3 is 2.44 bits per heavy atom. The lowest BCUT2D eigenvalue weighted by Gasteiger charge is -2.33. The second-order valence-corrected chi connectivity index (χ2v) is 14.4. The third-order valence-corrected chi connectivity index (χ3v) is 9.25. The first kappa shape index (κ1) is 38.8. The number of nitrogens with one attached hydrogen (secondary N) is 1. The predicted octanol–water partition coefficient (Wildman–Crippen LogP) is 10.9. The largest absolute Gasteiger partial charge is 0.322 e. The lowest BCUT2D eigenvalue weighted by molar-refractivity contribution is 0.151. The van der Waals surface area contributed by atoms with Gasteiger partial charge in [-0.05, 0) is 128 Å². The van der Waals surface area contributed by atoms with E-state index in [-0.39, 0.29) is 16.9 Å². The molecule has 4 nitrogen and oxygen atoms in total. The van der Waals surface area contributed by atoms with Crippen molar-refractivity contribution in [2.75, 3.05) is 13.1 Å². The minimum absolute atomic E-state index is 0.0155. The summed E-state index contributed by atoms with van der Waals surface area (Å²) in [4.78, 5) is 4.77. The van der Waals surface area contributed by atoms with E-state index in [2.05, 4.69) is 85.8 Å². The molecule has 0 bridgehead atoms. The number of hydrogen-bond donors (Lipinski definition) is 2. The molecule has 1 aliphatic rings. The average molecular weight is 657 g/mol. The van der Waals surface area contributed by atoms with Crippen molar-refractivity contribution in [2.24, 2.45) is 11.1 Å². The molecule has 2 aromatic rings. The Morgan fingerprint density at radius 1 is 1.12 bits per heavy atom. The summed E-state index contributed by atoms with van der Waals surface area (Å²) in [7, 11) is 0. The molecule has 0 radical (unpaired) electrons. The smallest absolute Gasteiger partial charge is 0.263 e. The molecule has 1 saturated heterocycles. The van der Waals surface area contributed by atoms with Crippen LogP contribution in [0.5, 0.6) is 0 Å². The van der Waals surface area contributed by atoms with E-state index in [1.807, 2.05) is 29.4 Å². The first-order valence-corrected chi connectivity index (χ1v) is 17.3. The Balaban J connectivity index is 2.18. The molecule has 6 heteroatoms. The molecule has 0 amide bonds. The quantitative estimate of drug-likeness (QED) is 0.139. The number of hydrogen-bond acceptors (Lipinski definition) is 4. The van der Waals surface area contributed by atoms with E-state index < -0.39 is 12.5 Å². The standard InChI is InChI=1S/C42H58F2N4/c1-11-13-18-42(9,10)27-38(30(7)36-17-16-19-46-40(36)29(5)6)37(28(3)4)26-33(12-2)34-22-32(23-35(25-34)41(43)44)24-39(45)31(8)48-21-15-14-20-47-48/h11-12,16-17,19,22-23,25-26,29,39,41,47H,1-2,8,13-15,18,20-21,24,27,45H2,3-7,9-10H3/b33-26+,38-30+. The highest BCUT2D eigenvalue weighted by atomic mass is 19.3. The molecule has 1 unspecified atom stereocenters. The third-order valence-electron chi connectivity index (χ3n) is 9.25. The van der Waals surface area contributed by atoms with Crippen molar-refractivity contribution in [3.8, 4) is 0 Å². The van der Waals surface area contributed by atoms with E-state index >= 15 is 0 Å². The zero-order valence-corrected chi connectivity index (χ0v) is 30.4. The molecule has 0 spiro atoms. The molecule has 1 aromatic carbocycles. The monoisotopic (exact) mass is 656 g/mol. The molecule has 3 N–H and O–H groups in total. The number of alkyl halides is 2. The SMILES string of the molecule is C=CCCC(C)(C)C/C(C(/C=C(\C=C)c1cc(CC(N)C(=C)N2CCCCN2)cc(C(F)F)c1)=C(C)C)=C(/C)c1cccnc1C(C)C. The fourth-order valence-corrected chi connectivity index (χ4v) is 6.43. The van der Waals surface area contributed by atoms with Gasteiger partial charge in [0.25, 0.3) is 6.43 Å². The van der Waals surface area contributed by atoms with E-state index in [9.17, 15) is 8.78 Å². The number of benzene rings is 1. The maximum absolute atomic E-state index is 14.3. The van der Waals surface area contributed by atoms with Crippen LogP contribution in [0.15, 0.2) is 96.9 Å². The van der Waals surface area contributed by atoms with Gasteiger partial charge in [0, 0.05) is 36.6 Å². The van der Waals surface area contributed by atoms with Crippen LogP contribution in [0, 0.1) is 5.41 Å². The summed E-state index contributed by atoms with van der Waals surface area (Å²) in [6.07, 6.45) is 10.4. The molecular formula is C42H58F2N4. The van der Waals surface area contributed by atoms with Gasteiger partial charge in [-0.3, -0.25) is 4.98 Å². The van der Waals surface area contributed by atoms with Gasteiger partial charge >= 0.3 is 0 Å². The summed E-state index contributed by atoms with van der Waals surface area (Å²) in [5, 5.41) is 2.00. The zero-order chi connectivity index (χ0) is 35.6. The van der Waals surface area contributed by atoms with Crippen LogP contribution in [-0.2, 0) is 6.42 Å². The second kappa shape index (κ2) is 17.7. The Morgan fingerprint density at radius 2 is 1.85 bits per heavy atom. The number of nitrogens with zero attached hydrogens (tertiary/aromatic N) is 2. The van der Waals surface area contributed by atoms with Crippen molar-refractivity contribution >= 4 is 11.1 Å². The molecule has 1 atom stereocenters. The number of aromatic nitrogens is 1. The van der Waals surface area contributed by atoms with Gasteiger partial charge in [0.2, 0.25) is 0 Å². The van der Waals surface area contributed by atoms with Crippen LogP contribution in [0.1, 0.15) is 121 Å². The van der Waals surface area contributed by atoms with Gasteiger partial charge in [-0.15, -0.1) is 6.58 Å². The van der Waals surface area contributed by atoms with Crippen molar-refractivity contribution in [3.63, 3.8) is 0 Å². The number of hydrazine groups is 1. The lowest BCUT2D eigenvalue weighted by Crippen LogP contribution is -2.47. The van der Waals surface area contributed by atoms with Crippen molar-refractivity contribution in [3.05, 3.63) is 125 Å². The highest BCUT2D eigenvalue weighted by Crippen LogP contribution is 2.41. The predicted molar refractivity (Wildman–Crippen MR) is 201 cm³/mol. The summed E-state index contributed by atoms with van der Waals surface area (Å²) in [6.45, 7) is 29.4. The van der Waals surface area contributed by atoms with E-state index in [0.29, 0.717) is 12.0 Å². The number of rotatable bonds is 16. The van der Waals surface area contributed by atoms with Gasteiger partial charge in [-0.2, -0.15) is 0 Å². The van der Waals surface area contributed by atoms with Crippen molar-refractivity contribution in [2.45, 2.75) is 105 Å². The van der Waals surface area contributed by atoms with Gasteiger partial charge in [-0.25, -0.2) is 14.2 Å². The summed E-state index contributed by atoms with van der Waals surface area (Å²) in [6, 6.07) is 8.87. The normalized spacial score (nSPS) is 15.3. The van der Waals surface area contributed by atoms with Crippen LogP contribution in [0.4, 0.5) is 8.78 Å². The molecule has 0 saturated carbocycles. The van der Waals surface area contributed by atoms with Crippen LogP contribution < -0.4 is 11.2 Å². The fraction of sp³-hybridized carbons (Fsp3) is 0.452. The minimum Gasteiger partial charge on any atom is -0.322 e. The van der Waals surface area contributed by atoms with Crippen LogP contribution >= 0.6 is 0 Å². The fourth-order valence-electron chi connectivity index (χ4n) is 6.43. The highest BCUT2D eigenvalue weighted by molar-refractivity contribution is 5.81. The zero-order valence-electron chi connectivity index (χ0n) is 30.4. The number of nitrogens with two attached hydrogens (primary N) is 1. The van der Waals surface area contributed by atoms with E-state index in [1.165, 1.54) is 11.1 Å². The van der Waals surface area contributed by atoms with Gasteiger partial charge in [0.1, 0.15) is 0 Å². The molecule has 2 heterocycles. The number of halogens is 2. The van der Waals surface area contributed by atoms with Crippen molar-refractivity contribution in [1.29, 1.82) is 0 Å². The second-order valence-electron chi connectivity index (χ2n) is 14.4. The van der Waals surface area contributed by atoms with Crippen LogP contribution in [0.2, 0.25) is 0 Å². The summed E-state index contributed by atoms with van der Waals surface area (Å²) in [5.74, 6) is 0.254. The van der Waals surface area contributed by atoms with Gasteiger partial charge in [0.15, 0.2) is 0 Å². The maximum atomic E-state index is 14.3. The third kappa shape index (κ3) is 10.4. The molecule has 1 fully saturated rings.